The lowest BCUT2D eigenvalue weighted by atomic mass is 10.1. The number of nitrogens with one attached hydrogen (secondary N) is 3. The lowest BCUT2D eigenvalue weighted by molar-refractivity contribution is -0.383. The summed E-state index contributed by atoms with van der Waals surface area (Å²) in [4.78, 5) is 23.5. The minimum Gasteiger partial charge on any atom is -0.508 e. The van der Waals surface area contributed by atoms with E-state index in [0.717, 1.165) is 10.9 Å². The Labute approximate surface area is 164 Å². The van der Waals surface area contributed by atoms with Gasteiger partial charge in [-0.3, -0.25) is 20.0 Å². The monoisotopic (exact) mass is 389 g/mol. The average Bonchev–Trinajstić information content (AvgIpc) is 3.16. The van der Waals surface area contributed by atoms with Crippen LogP contribution in [-0.4, -0.2) is 26.1 Å². The highest BCUT2D eigenvalue weighted by Crippen LogP contribution is 2.30. The van der Waals surface area contributed by atoms with Crippen molar-refractivity contribution in [3.63, 3.8) is 0 Å². The maximum atomic E-state index is 12.6. The fourth-order valence-electron chi connectivity index (χ4n) is 2.89. The topological polar surface area (TPSA) is 133 Å². The number of aromatic hydroxyl groups is 1. The van der Waals surface area contributed by atoms with E-state index in [9.17, 15) is 20.0 Å². The molecule has 1 heterocycles. The van der Waals surface area contributed by atoms with E-state index in [1.54, 1.807) is 36.5 Å². The maximum absolute atomic E-state index is 12.6. The van der Waals surface area contributed by atoms with Crippen molar-refractivity contribution in [2.75, 3.05) is 10.6 Å². The van der Waals surface area contributed by atoms with Crippen LogP contribution < -0.4 is 10.6 Å². The molecule has 4 rings (SSSR count). The van der Waals surface area contributed by atoms with Gasteiger partial charge in [0.25, 0.3) is 11.6 Å². The molecule has 0 aliphatic rings. The molecule has 0 spiro atoms. The van der Waals surface area contributed by atoms with Crippen LogP contribution in [0.25, 0.3) is 10.9 Å². The van der Waals surface area contributed by atoms with Crippen LogP contribution in [0, 0.1) is 10.1 Å². The number of nitro groups is 1. The minimum atomic E-state index is -0.571. The van der Waals surface area contributed by atoms with E-state index >= 15 is 0 Å². The first-order valence-corrected chi connectivity index (χ1v) is 8.58. The highest BCUT2D eigenvalue weighted by molar-refractivity contribution is 6.05. The van der Waals surface area contributed by atoms with Crippen molar-refractivity contribution in [3.05, 3.63) is 82.5 Å². The first-order valence-electron chi connectivity index (χ1n) is 8.58. The summed E-state index contributed by atoms with van der Waals surface area (Å²) in [6.45, 7) is 0. The second kappa shape index (κ2) is 7.31. The molecule has 4 aromatic rings. The second-order valence-corrected chi connectivity index (χ2v) is 6.29. The van der Waals surface area contributed by atoms with Gasteiger partial charge in [-0.2, -0.15) is 5.10 Å². The first kappa shape index (κ1) is 18.0. The Hall–Kier alpha value is -4.40. The largest absolute Gasteiger partial charge is 0.508 e. The van der Waals surface area contributed by atoms with Gasteiger partial charge in [-0.1, -0.05) is 6.07 Å². The van der Waals surface area contributed by atoms with Gasteiger partial charge in [0, 0.05) is 34.5 Å². The van der Waals surface area contributed by atoms with Crippen molar-refractivity contribution in [1.29, 1.82) is 0 Å². The average molecular weight is 389 g/mol. The van der Waals surface area contributed by atoms with E-state index in [-0.39, 0.29) is 22.7 Å². The molecule has 0 atom stereocenters. The van der Waals surface area contributed by atoms with Gasteiger partial charge in [-0.25, -0.2) is 0 Å². The molecule has 0 bridgehead atoms. The molecule has 3 aromatic carbocycles. The summed E-state index contributed by atoms with van der Waals surface area (Å²) in [6, 6.07) is 15.6. The third kappa shape index (κ3) is 3.83. The lowest BCUT2D eigenvalue weighted by Gasteiger charge is -2.10. The van der Waals surface area contributed by atoms with Crippen molar-refractivity contribution < 1.29 is 14.8 Å². The van der Waals surface area contributed by atoms with E-state index in [0.29, 0.717) is 11.4 Å². The second-order valence-electron chi connectivity index (χ2n) is 6.29. The van der Waals surface area contributed by atoms with E-state index in [1.807, 2.05) is 0 Å². The number of rotatable bonds is 5. The van der Waals surface area contributed by atoms with Gasteiger partial charge in [-0.15, -0.1) is 0 Å². The van der Waals surface area contributed by atoms with Crippen LogP contribution in [0.5, 0.6) is 5.75 Å². The van der Waals surface area contributed by atoms with Gasteiger partial charge >= 0.3 is 0 Å². The Bertz CT molecular complexity index is 1230. The quantitative estimate of drug-likeness (QED) is 0.299. The van der Waals surface area contributed by atoms with Crippen molar-refractivity contribution in [2.45, 2.75) is 0 Å². The number of anilines is 3. The van der Waals surface area contributed by atoms with E-state index in [1.165, 1.54) is 30.3 Å². The number of carbonyl (C=O) groups is 1. The van der Waals surface area contributed by atoms with Gasteiger partial charge in [-0.05, 0) is 42.5 Å². The Morgan fingerprint density at radius 1 is 1.07 bits per heavy atom. The number of aromatic nitrogens is 2. The van der Waals surface area contributed by atoms with E-state index in [4.69, 9.17) is 0 Å². The number of amides is 1. The molecule has 0 fully saturated rings. The normalized spacial score (nSPS) is 10.6. The van der Waals surface area contributed by atoms with Crippen LogP contribution >= 0.6 is 0 Å². The number of H-pyrrole nitrogens is 1. The zero-order valence-electron chi connectivity index (χ0n) is 14.9. The molecule has 0 saturated heterocycles. The number of hydrogen-bond donors (Lipinski definition) is 4. The minimum absolute atomic E-state index is 0.0305. The molecule has 29 heavy (non-hydrogen) atoms. The van der Waals surface area contributed by atoms with Crippen molar-refractivity contribution in [2.24, 2.45) is 0 Å². The number of phenols is 1. The molecule has 4 N–H and O–H groups in total. The summed E-state index contributed by atoms with van der Waals surface area (Å²) in [5, 5.41) is 34.3. The van der Waals surface area contributed by atoms with Crippen molar-refractivity contribution >= 4 is 39.6 Å². The number of nitro benzene ring substituents is 1. The van der Waals surface area contributed by atoms with Crippen molar-refractivity contribution in [1.82, 2.24) is 10.2 Å². The van der Waals surface area contributed by atoms with Gasteiger partial charge < -0.3 is 15.7 Å². The number of phenolic OH excluding ortho intramolecular Hbond substituents is 1. The summed E-state index contributed by atoms with van der Waals surface area (Å²) < 4.78 is 0. The van der Waals surface area contributed by atoms with Gasteiger partial charge in [0.05, 0.1) is 16.6 Å². The molecule has 144 valence electrons. The Morgan fingerprint density at radius 3 is 2.72 bits per heavy atom. The maximum Gasteiger partial charge on any atom is 0.293 e. The van der Waals surface area contributed by atoms with Crippen LogP contribution in [0.15, 0.2) is 66.9 Å². The smallest absolute Gasteiger partial charge is 0.293 e. The van der Waals surface area contributed by atoms with Crippen LogP contribution in [0.2, 0.25) is 0 Å². The lowest BCUT2D eigenvalue weighted by Crippen LogP contribution is -2.12. The molecular formula is C20H15N5O4. The summed E-state index contributed by atoms with van der Waals surface area (Å²) >= 11 is 0. The fraction of sp³-hybridized carbons (Fsp3) is 0. The van der Waals surface area contributed by atoms with E-state index in [2.05, 4.69) is 20.8 Å². The predicted molar refractivity (Wildman–Crippen MR) is 109 cm³/mol. The predicted octanol–water partition coefficient (Wildman–Crippen LogP) is 4.17. The molecule has 9 heteroatoms. The van der Waals surface area contributed by atoms with Crippen LogP contribution in [0.1, 0.15) is 10.4 Å². The molecule has 0 saturated carbocycles. The molecule has 0 aliphatic heterocycles. The molecular weight excluding hydrogens is 374 g/mol. The molecule has 1 amide bonds. The highest BCUT2D eigenvalue weighted by Gasteiger charge is 2.18. The molecule has 0 radical (unpaired) electrons. The number of carbonyl (C=O) groups excluding carboxylic acids is 1. The molecule has 9 nitrogen and oxygen atoms in total. The zero-order valence-corrected chi connectivity index (χ0v) is 14.9. The van der Waals surface area contributed by atoms with Crippen molar-refractivity contribution in [3.8, 4) is 5.75 Å². The number of hydrogen-bond acceptors (Lipinski definition) is 6. The first-order chi connectivity index (χ1) is 14.0. The third-order valence-electron chi connectivity index (χ3n) is 4.28. The summed E-state index contributed by atoms with van der Waals surface area (Å²) in [5.74, 6) is -0.446. The SMILES string of the molecule is O=C(Nc1ccc2cn[nH]c2c1)c1ccc(Nc2cccc(O)c2)c([N+](=O)[O-])c1. The number of benzene rings is 3. The number of nitrogens with zero attached hydrogens (tertiary/aromatic N) is 2. The Kier molecular flexibility index (Phi) is 4.54. The zero-order chi connectivity index (χ0) is 20.4. The molecule has 0 aliphatic carbocycles. The Morgan fingerprint density at radius 2 is 1.93 bits per heavy atom. The van der Waals surface area contributed by atoms with Crippen LogP contribution in [0.4, 0.5) is 22.7 Å². The molecule has 1 aromatic heterocycles. The van der Waals surface area contributed by atoms with E-state index < -0.39 is 10.8 Å². The third-order valence-corrected chi connectivity index (χ3v) is 4.28. The highest BCUT2D eigenvalue weighted by atomic mass is 16.6. The molecule has 0 unspecified atom stereocenters. The fourth-order valence-corrected chi connectivity index (χ4v) is 2.89. The van der Waals surface area contributed by atoms with Gasteiger partial charge in [0.2, 0.25) is 0 Å². The summed E-state index contributed by atoms with van der Waals surface area (Å²) in [6.07, 6.45) is 1.67. The summed E-state index contributed by atoms with van der Waals surface area (Å²) in [7, 11) is 0. The van der Waals surface area contributed by atoms with Crippen LogP contribution in [0.3, 0.4) is 0 Å². The number of fused-ring (bicyclic) bond motifs is 1. The summed E-state index contributed by atoms with van der Waals surface area (Å²) in [5.41, 5.74) is 1.87. The Balaban J connectivity index is 1.59. The standard InChI is InChI=1S/C20H15N5O4/c26-16-3-1-2-14(9-16)22-17-7-5-12(8-19(17)25(28)29)20(27)23-15-6-4-13-11-21-24-18(13)10-15/h1-11,22,26H,(H,21,24)(H,23,27). The van der Waals surface area contributed by atoms with Gasteiger partial charge in [0.1, 0.15) is 11.4 Å². The number of aromatic amines is 1. The van der Waals surface area contributed by atoms with Crippen LogP contribution in [-0.2, 0) is 0 Å². The van der Waals surface area contributed by atoms with Gasteiger partial charge in [0.15, 0.2) is 0 Å².